The van der Waals surface area contributed by atoms with Gasteiger partial charge in [-0.25, -0.2) is 0 Å². The minimum Gasteiger partial charge on any atom is -0.384 e. The Bertz CT molecular complexity index is 396. The van der Waals surface area contributed by atoms with Gasteiger partial charge in [0, 0.05) is 30.3 Å². The Balaban J connectivity index is 2.57. The number of hydrogen-bond donors (Lipinski definition) is 2. The van der Waals surface area contributed by atoms with Crippen LogP contribution in [0.1, 0.15) is 20.8 Å². The second-order valence-electron chi connectivity index (χ2n) is 4.72. The van der Waals surface area contributed by atoms with Crippen molar-refractivity contribution in [2.24, 2.45) is 5.41 Å². The number of rotatable bonds is 5. The SMILES string of the molecule is CC(=O)Nc1ccc(NCC(C)(C)C=O)cc1. The molecule has 1 amide bonds. The molecule has 1 aromatic carbocycles. The Kier molecular flexibility index (Phi) is 4.26. The number of carbonyl (C=O) groups excluding carboxylic acids is 2. The zero-order chi connectivity index (χ0) is 12.9. The number of anilines is 2. The lowest BCUT2D eigenvalue weighted by molar-refractivity contribution is -0.114. The van der Waals surface area contributed by atoms with Crippen molar-refractivity contribution >= 4 is 23.6 Å². The van der Waals surface area contributed by atoms with Crippen molar-refractivity contribution in [1.82, 2.24) is 0 Å². The zero-order valence-electron chi connectivity index (χ0n) is 10.4. The van der Waals surface area contributed by atoms with E-state index < -0.39 is 0 Å². The molecule has 0 radical (unpaired) electrons. The molecule has 1 aromatic rings. The summed E-state index contributed by atoms with van der Waals surface area (Å²) in [6, 6.07) is 7.37. The number of carbonyl (C=O) groups is 2. The first kappa shape index (κ1) is 13.2. The maximum atomic E-state index is 10.8. The van der Waals surface area contributed by atoms with E-state index in [2.05, 4.69) is 10.6 Å². The molecule has 0 fully saturated rings. The van der Waals surface area contributed by atoms with Crippen molar-refractivity contribution in [1.29, 1.82) is 0 Å². The van der Waals surface area contributed by atoms with Crippen LogP contribution in [-0.2, 0) is 9.59 Å². The maximum absolute atomic E-state index is 10.8. The molecule has 0 aliphatic rings. The molecule has 2 N–H and O–H groups in total. The van der Waals surface area contributed by atoms with Crippen LogP contribution in [0.4, 0.5) is 11.4 Å². The summed E-state index contributed by atoms with van der Waals surface area (Å²) in [5.41, 5.74) is 1.31. The fourth-order valence-corrected chi connectivity index (χ4v) is 1.25. The molecule has 0 aliphatic carbocycles. The van der Waals surface area contributed by atoms with Gasteiger partial charge in [0.25, 0.3) is 0 Å². The molecular weight excluding hydrogens is 216 g/mol. The standard InChI is InChI=1S/C13H18N2O2/c1-10(17)15-12-6-4-11(5-7-12)14-8-13(2,3)9-16/h4-7,9,14H,8H2,1-3H3,(H,15,17). The van der Waals surface area contributed by atoms with Gasteiger partial charge < -0.3 is 15.4 Å². The van der Waals surface area contributed by atoms with Gasteiger partial charge >= 0.3 is 0 Å². The number of benzene rings is 1. The molecule has 0 unspecified atom stereocenters. The Morgan fingerprint density at radius 2 is 1.76 bits per heavy atom. The van der Waals surface area contributed by atoms with Crippen LogP contribution >= 0.6 is 0 Å². The Morgan fingerprint density at radius 1 is 1.24 bits per heavy atom. The highest BCUT2D eigenvalue weighted by Gasteiger charge is 2.15. The third kappa shape index (κ3) is 4.68. The van der Waals surface area contributed by atoms with Gasteiger partial charge in [-0.2, -0.15) is 0 Å². The van der Waals surface area contributed by atoms with E-state index in [0.717, 1.165) is 17.7 Å². The van der Waals surface area contributed by atoms with Gasteiger partial charge in [-0.3, -0.25) is 4.79 Å². The highest BCUT2D eigenvalue weighted by atomic mass is 16.1. The molecule has 4 heteroatoms. The van der Waals surface area contributed by atoms with Gasteiger partial charge in [-0.05, 0) is 24.3 Å². The third-order valence-electron chi connectivity index (χ3n) is 2.27. The fraction of sp³-hybridized carbons (Fsp3) is 0.385. The Labute approximate surface area is 101 Å². The molecule has 0 aliphatic heterocycles. The molecule has 0 saturated carbocycles. The molecule has 0 atom stereocenters. The smallest absolute Gasteiger partial charge is 0.221 e. The van der Waals surface area contributed by atoms with Crippen LogP contribution in [0.2, 0.25) is 0 Å². The molecule has 0 spiro atoms. The van der Waals surface area contributed by atoms with E-state index in [1.54, 1.807) is 0 Å². The van der Waals surface area contributed by atoms with Crippen molar-refractivity contribution in [3.8, 4) is 0 Å². The van der Waals surface area contributed by atoms with E-state index in [-0.39, 0.29) is 11.3 Å². The maximum Gasteiger partial charge on any atom is 0.221 e. The van der Waals surface area contributed by atoms with Crippen LogP contribution in [0.5, 0.6) is 0 Å². The minimum atomic E-state index is -0.379. The van der Waals surface area contributed by atoms with E-state index >= 15 is 0 Å². The molecule has 1 rings (SSSR count). The summed E-state index contributed by atoms with van der Waals surface area (Å²) in [4.78, 5) is 21.6. The molecule has 0 saturated heterocycles. The Morgan fingerprint density at radius 3 is 2.24 bits per heavy atom. The van der Waals surface area contributed by atoms with Gasteiger partial charge in [0.15, 0.2) is 0 Å². The van der Waals surface area contributed by atoms with Crippen molar-refractivity contribution in [2.45, 2.75) is 20.8 Å². The second kappa shape index (κ2) is 5.48. The normalized spacial score (nSPS) is 10.8. The molecule has 0 aromatic heterocycles. The van der Waals surface area contributed by atoms with Gasteiger partial charge in [-0.1, -0.05) is 13.8 Å². The number of hydrogen-bond acceptors (Lipinski definition) is 3. The van der Waals surface area contributed by atoms with E-state index in [9.17, 15) is 9.59 Å². The highest BCUT2D eigenvalue weighted by molar-refractivity contribution is 5.88. The summed E-state index contributed by atoms with van der Waals surface area (Å²) in [6.45, 7) is 5.80. The lowest BCUT2D eigenvalue weighted by Crippen LogP contribution is -2.24. The highest BCUT2D eigenvalue weighted by Crippen LogP contribution is 2.16. The van der Waals surface area contributed by atoms with E-state index in [1.165, 1.54) is 6.92 Å². The molecular formula is C13H18N2O2. The van der Waals surface area contributed by atoms with Gasteiger partial charge in [0.1, 0.15) is 6.29 Å². The van der Waals surface area contributed by atoms with Crippen LogP contribution < -0.4 is 10.6 Å². The summed E-state index contributed by atoms with van der Waals surface area (Å²) in [6.07, 6.45) is 0.936. The number of nitrogens with one attached hydrogen (secondary N) is 2. The molecule has 17 heavy (non-hydrogen) atoms. The predicted octanol–water partition coefficient (Wildman–Crippen LogP) is 2.28. The quantitative estimate of drug-likeness (QED) is 0.768. The number of amides is 1. The van der Waals surface area contributed by atoms with Crippen LogP contribution in [0.15, 0.2) is 24.3 Å². The fourth-order valence-electron chi connectivity index (χ4n) is 1.25. The first-order chi connectivity index (χ1) is 7.93. The van der Waals surface area contributed by atoms with Crippen LogP contribution in [-0.4, -0.2) is 18.7 Å². The monoisotopic (exact) mass is 234 g/mol. The second-order valence-corrected chi connectivity index (χ2v) is 4.72. The summed E-state index contributed by atoms with van der Waals surface area (Å²) in [5, 5.41) is 5.87. The molecule has 92 valence electrons. The van der Waals surface area contributed by atoms with Crippen LogP contribution in [0.25, 0.3) is 0 Å². The molecule has 0 heterocycles. The zero-order valence-corrected chi connectivity index (χ0v) is 10.4. The van der Waals surface area contributed by atoms with Crippen molar-refractivity contribution < 1.29 is 9.59 Å². The van der Waals surface area contributed by atoms with Gasteiger partial charge in [0.05, 0.1) is 0 Å². The minimum absolute atomic E-state index is 0.0900. The topological polar surface area (TPSA) is 58.2 Å². The van der Waals surface area contributed by atoms with Crippen LogP contribution in [0.3, 0.4) is 0 Å². The Hall–Kier alpha value is -1.84. The lowest BCUT2D eigenvalue weighted by atomic mass is 9.96. The first-order valence-electron chi connectivity index (χ1n) is 5.51. The number of aldehydes is 1. The van der Waals surface area contributed by atoms with Crippen LogP contribution in [0, 0.1) is 5.41 Å². The summed E-state index contributed by atoms with van der Waals surface area (Å²) >= 11 is 0. The summed E-state index contributed by atoms with van der Waals surface area (Å²) in [5.74, 6) is -0.0900. The average molecular weight is 234 g/mol. The summed E-state index contributed by atoms with van der Waals surface area (Å²) < 4.78 is 0. The van der Waals surface area contributed by atoms with Crippen molar-refractivity contribution in [3.05, 3.63) is 24.3 Å². The van der Waals surface area contributed by atoms with Gasteiger partial charge in [-0.15, -0.1) is 0 Å². The van der Waals surface area contributed by atoms with E-state index in [0.29, 0.717) is 6.54 Å². The summed E-state index contributed by atoms with van der Waals surface area (Å²) in [7, 11) is 0. The predicted molar refractivity (Wildman–Crippen MR) is 69.1 cm³/mol. The average Bonchev–Trinajstić information content (AvgIpc) is 2.28. The lowest BCUT2D eigenvalue weighted by Gasteiger charge is -2.18. The van der Waals surface area contributed by atoms with E-state index in [4.69, 9.17) is 0 Å². The van der Waals surface area contributed by atoms with Crippen molar-refractivity contribution in [2.75, 3.05) is 17.2 Å². The molecule has 4 nitrogen and oxygen atoms in total. The third-order valence-corrected chi connectivity index (χ3v) is 2.27. The van der Waals surface area contributed by atoms with E-state index in [1.807, 2.05) is 38.1 Å². The largest absolute Gasteiger partial charge is 0.384 e. The van der Waals surface area contributed by atoms with Crippen molar-refractivity contribution in [3.63, 3.8) is 0 Å². The molecule has 0 bridgehead atoms. The first-order valence-corrected chi connectivity index (χ1v) is 5.51. The van der Waals surface area contributed by atoms with Gasteiger partial charge in [0.2, 0.25) is 5.91 Å².